The molecule has 0 fully saturated rings. The van der Waals surface area contributed by atoms with Crippen LogP contribution >= 0.6 is 23.2 Å². The van der Waals surface area contributed by atoms with Crippen LogP contribution in [-0.2, 0) is 18.2 Å². The van der Waals surface area contributed by atoms with Crippen LogP contribution in [0.1, 0.15) is 17.8 Å². The molecule has 0 N–H and O–H groups in total. The van der Waals surface area contributed by atoms with Crippen LogP contribution in [-0.4, -0.2) is 28.9 Å². The fourth-order valence-electron chi connectivity index (χ4n) is 1.51. The van der Waals surface area contributed by atoms with E-state index in [9.17, 15) is 0 Å². The highest BCUT2D eigenvalue weighted by Crippen LogP contribution is 2.21. The van der Waals surface area contributed by atoms with Gasteiger partial charge >= 0.3 is 0 Å². The molecule has 0 bridgehead atoms. The quantitative estimate of drug-likeness (QED) is 0.752. The standard InChI is InChI=1S/C10H16Cl2N2O/c1-7-10(12)9(14(2)13-7)5-4-8(11)6-15-3/h8H,4-6H2,1-3H3. The monoisotopic (exact) mass is 250 g/mol. The highest BCUT2D eigenvalue weighted by molar-refractivity contribution is 6.31. The summed E-state index contributed by atoms with van der Waals surface area (Å²) in [7, 11) is 3.55. The van der Waals surface area contributed by atoms with Gasteiger partial charge in [0.15, 0.2) is 0 Å². The first kappa shape index (κ1) is 12.8. The van der Waals surface area contributed by atoms with Gasteiger partial charge in [0.2, 0.25) is 0 Å². The van der Waals surface area contributed by atoms with Crippen molar-refractivity contribution in [2.45, 2.75) is 25.1 Å². The summed E-state index contributed by atoms with van der Waals surface area (Å²) in [5, 5.41) is 5.02. The summed E-state index contributed by atoms with van der Waals surface area (Å²) < 4.78 is 6.78. The molecule has 1 heterocycles. The van der Waals surface area contributed by atoms with E-state index < -0.39 is 0 Å². The predicted molar refractivity (Wildman–Crippen MR) is 62.8 cm³/mol. The molecule has 0 spiro atoms. The Morgan fingerprint density at radius 3 is 2.67 bits per heavy atom. The second-order valence-electron chi connectivity index (χ2n) is 3.56. The minimum absolute atomic E-state index is 0.0290. The summed E-state index contributed by atoms with van der Waals surface area (Å²) >= 11 is 12.2. The maximum atomic E-state index is 6.12. The number of hydrogen-bond donors (Lipinski definition) is 0. The number of aromatic nitrogens is 2. The van der Waals surface area contributed by atoms with Gasteiger partial charge in [-0.1, -0.05) is 11.6 Å². The van der Waals surface area contributed by atoms with Gasteiger partial charge in [-0.25, -0.2) is 0 Å². The van der Waals surface area contributed by atoms with Crippen molar-refractivity contribution in [3.63, 3.8) is 0 Å². The van der Waals surface area contributed by atoms with Crippen LogP contribution in [0.4, 0.5) is 0 Å². The summed E-state index contributed by atoms with van der Waals surface area (Å²) in [6.07, 6.45) is 1.67. The Balaban J connectivity index is 2.57. The van der Waals surface area contributed by atoms with Crippen molar-refractivity contribution in [2.75, 3.05) is 13.7 Å². The fraction of sp³-hybridized carbons (Fsp3) is 0.700. The largest absolute Gasteiger partial charge is 0.383 e. The molecule has 0 aliphatic carbocycles. The lowest BCUT2D eigenvalue weighted by molar-refractivity contribution is 0.195. The molecule has 3 nitrogen and oxygen atoms in total. The highest BCUT2D eigenvalue weighted by Gasteiger charge is 2.12. The maximum Gasteiger partial charge on any atom is 0.0846 e. The summed E-state index contributed by atoms with van der Waals surface area (Å²) in [4.78, 5) is 0. The number of hydrogen-bond acceptors (Lipinski definition) is 2. The molecule has 1 aromatic heterocycles. The van der Waals surface area contributed by atoms with Crippen LogP contribution < -0.4 is 0 Å². The Morgan fingerprint density at radius 1 is 1.53 bits per heavy atom. The lowest BCUT2D eigenvalue weighted by atomic mass is 10.2. The molecule has 86 valence electrons. The van der Waals surface area contributed by atoms with Crippen LogP contribution in [0.25, 0.3) is 0 Å². The number of aryl methyl sites for hydroxylation is 2. The molecule has 0 radical (unpaired) electrons. The third-order valence-corrected chi connectivity index (χ3v) is 3.14. The van der Waals surface area contributed by atoms with E-state index in [2.05, 4.69) is 5.10 Å². The molecular weight excluding hydrogens is 235 g/mol. The minimum atomic E-state index is 0.0290. The molecule has 1 atom stereocenters. The zero-order valence-corrected chi connectivity index (χ0v) is 10.8. The van der Waals surface area contributed by atoms with Gasteiger partial charge < -0.3 is 4.74 Å². The van der Waals surface area contributed by atoms with Crippen molar-refractivity contribution in [3.8, 4) is 0 Å². The molecule has 1 unspecified atom stereocenters. The van der Waals surface area contributed by atoms with Crippen molar-refractivity contribution in [1.82, 2.24) is 9.78 Å². The fourth-order valence-corrected chi connectivity index (χ4v) is 2.00. The Labute approximate surface area is 100 Å². The van der Waals surface area contributed by atoms with Gasteiger partial charge in [-0.15, -0.1) is 11.6 Å². The number of alkyl halides is 1. The van der Waals surface area contributed by atoms with E-state index in [4.69, 9.17) is 27.9 Å². The maximum absolute atomic E-state index is 6.12. The second kappa shape index (κ2) is 5.73. The second-order valence-corrected chi connectivity index (χ2v) is 4.56. The van der Waals surface area contributed by atoms with E-state index in [-0.39, 0.29) is 5.38 Å². The number of methoxy groups -OCH3 is 1. The van der Waals surface area contributed by atoms with Crippen LogP contribution in [0.2, 0.25) is 5.02 Å². The molecule has 0 amide bonds. The molecule has 0 aromatic carbocycles. The van der Waals surface area contributed by atoms with Crippen molar-refractivity contribution < 1.29 is 4.74 Å². The molecule has 0 saturated carbocycles. The zero-order valence-electron chi connectivity index (χ0n) is 9.26. The first-order chi connectivity index (χ1) is 7.06. The molecular formula is C10H16Cl2N2O. The van der Waals surface area contributed by atoms with Crippen LogP contribution in [0, 0.1) is 6.92 Å². The highest BCUT2D eigenvalue weighted by atomic mass is 35.5. The third kappa shape index (κ3) is 3.37. The van der Waals surface area contributed by atoms with Gasteiger partial charge in [0.1, 0.15) is 0 Å². The van der Waals surface area contributed by atoms with E-state index in [0.29, 0.717) is 6.61 Å². The average Bonchev–Trinajstić information content (AvgIpc) is 2.40. The number of rotatable bonds is 5. The topological polar surface area (TPSA) is 27.1 Å². The lowest BCUT2D eigenvalue weighted by Crippen LogP contribution is -2.10. The Morgan fingerprint density at radius 2 is 2.20 bits per heavy atom. The van der Waals surface area contributed by atoms with E-state index in [1.807, 2.05) is 18.7 Å². The molecule has 0 aliphatic heterocycles. The average molecular weight is 251 g/mol. The van der Waals surface area contributed by atoms with Crippen molar-refractivity contribution >= 4 is 23.2 Å². The van der Waals surface area contributed by atoms with Crippen LogP contribution in [0.15, 0.2) is 0 Å². The minimum Gasteiger partial charge on any atom is -0.383 e. The van der Waals surface area contributed by atoms with Gasteiger partial charge in [-0.3, -0.25) is 4.68 Å². The molecule has 0 aliphatic rings. The molecule has 15 heavy (non-hydrogen) atoms. The Hall–Kier alpha value is -0.250. The van der Waals surface area contributed by atoms with E-state index in [1.165, 1.54) is 0 Å². The molecule has 5 heteroatoms. The van der Waals surface area contributed by atoms with E-state index in [0.717, 1.165) is 29.3 Å². The number of halogens is 2. The van der Waals surface area contributed by atoms with Crippen molar-refractivity contribution in [3.05, 3.63) is 16.4 Å². The van der Waals surface area contributed by atoms with Crippen LogP contribution in [0.3, 0.4) is 0 Å². The Bertz CT molecular complexity index is 325. The summed E-state index contributed by atoms with van der Waals surface area (Å²) in [5.74, 6) is 0. The summed E-state index contributed by atoms with van der Waals surface area (Å²) in [6.45, 7) is 2.47. The van der Waals surface area contributed by atoms with Crippen molar-refractivity contribution in [2.24, 2.45) is 7.05 Å². The smallest absolute Gasteiger partial charge is 0.0846 e. The molecule has 0 saturated heterocycles. The first-order valence-electron chi connectivity index (χ1n) is 4.87. The SMILES string of the molecule is COCC(Cl)CCc1c(Cl)c(C)nn1C. The zero-order chi connectivity index (χ0) is 11.4. The van der Waals surface area contributed by atoms with Gasteiger partial charge in [0.05, 0.1) is 28.4 Å². The van der Waals surface area contributed by atoms with E-state index in [1.54, 1.807) is 7.11 Å². The summed E-state index contributed by atoms with van der Waals surface area (Å²) in [5.41, 5.74) is 1.91. The third-order valence-electron chi connectivity index (χ3n) is 2.30. The molecule has 1 aromatic rings. The van der Waals surface area contributed by atoms with Crippen molar-refractivity contribution in [1.29, 1.82) is 0 Å². The van der Waals surface area contributed by atoms with Gasteiger partial charge in [0.25, 0.3) is 0 Å². The van der Waals surface area contributed by atoms with Crippen LogP contribution in [0.5, 0.6) is 0 Å². The van der Waals surface area contributed by atoms with Gasteiger partial charge in [-0.2, -0.15) is 5.10 Å². The number of ether oxygens (including phenoxy) is 1. The number of nitrogens with zero attached hydrogens (tertiary/aromatic N) is 2. The first-order valence-corrected chi connectivity index (χ1v) is 5.68. The van der Waals surface area contributed by atoms with Gasteiger partial charge in [0, 0.05) is 14.2 Å². The normalized spacial score (nSPS) is 13.1. The summed E-state index contributed by atoms with van der Waals surface area (Å²) in [6, 6.07) is 0. The lowest BCUT2D eigenvalue weighted by Gasteiger charge is -2.08. The Kier molecular flexibility index (Phi) is 4.90. The van der Waals surface area contributed by atoms with E-state index >= 15 is 0 Å². The molecule has 1 rings (SSSR count). The predicted octanol–water partition coefficient (Wildman–Crippen LogP) is 2.57. The van der Waals surface area contributed by atoms with Gasteiger partial charge in [-0.05, 0) is 19.8 Å².